The van der Waals surface area contributed by atoms with Gasteiger partial charge >= 0.3 is 6.03 Å². The van der Waals surface area contributed by atoms with Gasteiger partial charge in [0, 0.05) is 36.4 Å². The molecule has 1 aliphatic carbocycles. The molecule has 43 heavy (non-hydrogen) atoms. The number of carbonyl (C=O) groups is 1. The zero-order chi connectivity index (χ0) is 29.8. The van der Waals surface area contributed by atoms with E-state index in [0.717, 1.165) is 82.6 Å². The summed E-state index contributed by atoms with van der Waals surface area (Å²) in [4.78, 5) is 19.8. The van der Waals surface area contributed by atoms with Crippen LogP contribution in [0, 0.1) is 6.92 Å². The van der Waals surface area contributed by atoms with E-state index in [4.69, 9.17) is 4.98 Å². The summed E-state index contributed by atoms with van der Waals surface area (Å²) in [7, 11) is 1.80. The summed E-state index contributed by atoms with van der Waals surface area (Å²) in [5, 5.41) is 14.7. The van der Waals surface area contributed by atoms with Crippen LogP contribution in [0.25, 0.3) is 39.2 Å². The molecular weight excluding hydrogens is 538 g/mol. The fourth-order valence-corrected chi connectivity index (χ4v) is 6.00. The molecule has 1 aliphatic rings. The van der Waals surface area contributed by atoms with Gasteiger partial charge in [0.2, 0.25) is 5.82 Å². The quantitative estimate of drug-likeness (QED) is 0.172. The van der Waals surface area contributed by atoms with Crippen molar-refractivity contribution in [2.45, 2.75) is 71.3 Å². The SMILES string of the molecule is CCCCc1nc2ccc(N(C)C(=O)NNC3CCCCC3)cc2n1-c1ccc(-c2ccccc2-c2nn[nH]n2)c(C)c1. The highest BCUT2D eigenvalue weighted by atomic mass is 16.2. The van der Waals surface area contributed by atoms with Gasteiger partial charge in [-0.05, 0) is 78.4 Å². The Labute approximate surface area is 251 Å². The molecular formula is C33H39N9O. The molecule has 0 spiro atoms. The number of unbranched alkanes of at least 4 members (excludes halogenated alkanes) is 1. The lowest BCUT2D eigenvalue weighted by atomic mass is 9.95. The van der Waals surface area contributed by atoms with Crippen LogP contribution < -0.4 is 15.8 Å². The minimum Gasteiger partial charge on any atom is -0.296 e. The fraction of sp³-hybridized carbons (Fsp3) is 0.364. The number of hydrogen-bond acceptors (Lipinski definition) is 6. The molecule has 0 saturated heterocycles. The molecule has 3 aromatic carbocycles. The summed E-state index contributed by atoms with van der Waals surface area (Å²) in [6, 6.07) is 20.8. The zero-order valence-electron chi connectivity index (χ0n) is 25.1. The Morgan fingerprint density at radius 3 is 2.58 bits per heavy atom. The van der Waals surface area contributed by atoms with Crippen LogP contribution in [0.1, 0.15) is 63.3 Å². The molecule has 0 unspecified atom stereocenters. The van der Waals surface area contributed by atoms with Gasteiger partial charge in [0.15, 0.2) is 0 Å². The van der Waals surface area contributed by atoms with Gasteiger partial charge in [-0.25, -0.2) is 15.2 Å². The number of nitrogens with one attached hydrogen (secondary N) is 3. The van der Waals surface area contributed by atoms with Crippen LogP contribution in [0.5, 0.6) is 0 Å². The number of nitrogens with zero attached hydrogens (tertiary/aromatic N) is 6. The van der Waals surface area contributed by atoms with Crippen LogP contribution in [-0.4, -0.2) is 49.3 Å². The number of fused-ring (bicyclic) bond motifs is 1. The predicted molar refractivity (Wildman–Crippen MR) is 170 cm³/mol. The number of urea groups is 1. The summed E-state index contributed by atoms with van der Waals surface area (Å²) in [6.07, 6.45) is 8.86. The summed E-state index contributed by atoms with van der Waals surface area (Å²) >= 11 is 0. The van der Waals surface area contributed by atoms with E-state index in [-0.39, 0.29) is 6.03 Å². The van der Waals surface area contributed by atoms with Gasteiger partial charge in [0.25, 0.3) is 0 Å². The summed E-state index contributed by atoms with van der Waals surface area (Å²) < 4.78 is 2.24. The number of H-pyrrole nitrogens is 1. The van der Waals surface area contributed by atoms with Crippen molar-refractivity contribution in [1.29, 1.82) is 0 Å². The van der Waals surface area contributed by atoms with Crippen LogP contribution in [0.2, 0.25) is 0 Å². The number of benzene rings is 3. The lowest BCUT2D eigenvalue weighted by Crippen LogP contribution is -2.49. The summed E-state index contributed by atoms with van der Waals surface area (Å²) in [5.41, 5.74) is 14.1. The zero-order valence-corrected chi connectivity index (χ0v) is 25.1. The van der Waals surface area contributed by atoms with E-state index < -0.39 is 0 Å². The molecule has 10 heteroatoms. The van der Waals surface area contributed by atoms with E-state index >= 15 is 0 Å². The Morgan fingerprint density at radius 2 is 1.84 bits per heavy atom. The number of amides is 2. The number of aromatic nitrogens is 6. The second-order valence-electron chi connectivity index (χ2n) is 11.4. The Balaban J connectivity index is 1.34. The summed E-state index contributed by atoms with van der Waals surface area (Å²) in [5.74, 6) is 1.58. The topological polar surface area (TPSA) is 117 Å². The molecule has 1 saturated carbocycles. The highest BCUT2D eigenvalue weighted by Crippen LogP contribution is 2.34. The average molecular weight is 578 g/mol. The van der Waals surface area contributed by atoms with Gasteiger partial charge in [-0.2, -0.15) is 5.21 Å². The Kier molecular flexibility index (Phi) is 8.46. The molecule has 2 aromatic heterocycles. The van der Waals surface area contributed by atoms with E-state index in [2.05, 4.69) is 80.2 Å². The first-order valence-electron chi connectivity index (χ1n) is 15.3. The molecule has 222 valence electrons. The monoisotopic (exact) mass is 577 g/mol. The van der Waals surface area contributed by atoms with Crippen LogP contribution in [0.3, 0.4) is 0 Å². The minimum absolute atomic E-state index is 0.178. The van der Waals surface area contributed by atoms with Crippen molar-refractivity contribution < 1.29 is 4.79 Å². The minimum atomic E-state index is -0.178. The predicted octanol–water partition coefficient (Wildman–Crippen LogP) is 6.51. The molecule has 2 heterocycles. The normalized spacial score (nSPS) is 13.8. The van der Waals surface area contributed by atoms with E-state index in [9.17, 15) is 4.79 Å². The van der Waals surface area contributed by atoms with Gasteiger partial charge in [0.05, 0.1) is 11.0 Å². The van der Waals surface area contributed by atoms with E-state index in [1.807, 2.05) is 30.3 Å². The van der Waals surface area contributed by atoms with Crippen LogP contribution in [-0.2, 0) is 6.42 Å². The number of aromatic amines is 1. The Morgan fingerprint density at radius 1 is 1.02 bits per heavy atom. The molecule has 5 aromatic rings. The number of hydrogen-bond donors (Lipinski definition) is 3. The maximum atomic E-state index is 13.1. The van der Waals surface area contributed by atoms with Gasteiger partial charge in [-0.1, -0.05) is 62.9 Å². The van der Waals surface area contributed by atoms with Crippen molar-refractivity contribution in [3.63, 3.8) is 0 Å². The van der Waals surface area contributed by atoms with Crippen molar-refractivity contribution in [3.8, 4) is 28.2 Å². The fourth-order valence-electron chi connectivity index (χ4n) is 6.00. The van der Waals surface area contributed by atoms with Crippen LogP contribution in [0.15, 0.2) is 60.7 Å². The molecule has 0 atom stereocenters. The molecule has 1 fully saturated rings. The molecule has 10 nitrogen and oxygen atoms in total. The second-order valence-corrected chi connectivity index (χ2v) is 11.4. The average Bonchev–Trinajstić information content (AvgIpc) is 3.71. The number of hydrazine groups is 1. The van der Waals surface area contributed by atoms with Crippen LogP contribution in [0.4, 0.5) is 10.5 Å². The molecule has 0 aliphatic heterocycles. The largest absolute Gasteiger partial charge is 0.335 e. The van der Waals surface area contributed by atoms with Gasteiger partial charge in [0.1, 0.15) is 5.82 Å². The van der Waals surface area contributed by atoms with Crippen molar-refractivity contribution in [1.82, 2.24) is 41.0 Å². The molecule has 2 amide bonds. The smallest absolute Gasteiger partial charge is 0.296 e. The Hall–Kier alpha value is -4.57. The number of tetrazole rings is 1. The standard InChI is InChI=1S/C33H39N9O/c1-4-5-15-31-34-29-19-17-24(41(3)33(43)38-35-23-11-7-6-8-12-23)21-30(29)42(31)25-16-18-26(22(2)20-25)27-13-9-10-14-28(27)32-36-39-40-37-32/h9-10,13-14,16-21,23,35H,4-8,11-12,15H2,1-3H3,(H,38,43)(H,36,37,39,40). The number of anilines is 1. The third kappa shape index (κ3) is 6.01. The lowest BCUT2D eigenvalue weighted by molar-refractivity contribution is 0.237. The van der Waals surface area contributed by atoms with Crippen LogP contribution >= 0.6 is 0 Å². The summed E-state index contributed by atoms with van der Waals surface area (Å²) in [6.45, 7) is 4.32. The van der Waals surface area contributed by atoms with Gasteiger partial charge < -0.3 is 0 Å². The molecule has 6 rings (SSSR count). The van der Waals surface area contributed by atoms with Crippen molar-refractivity contribution in [3.05, 3.63) is 72.1 Å². The van der Waals surface area contributed by atoms with Gasteiger partial charge in [-0.3, -0.25) is 14.9 Å². The van der Waals surface area contributed by atoms with E-state index in [1.165, 1.54) is 19.3 Å². The number of aryl methyl sites for hydroxylation is 2. The number of carbonyl (C=O) groups excluding carboxylic acids is 1. The highest BCUT2D eigenvalue weighted by molar-refractivity contribution is 5.94. The number of rotatable bonds is 9. The second kappa shape index (κ2) is 12.7. The third-order valence-electron chi connectivity index (χ3n) is 8.41. The highest BCUT2D eigenvalue weighted by Gasteiger charge is 2.19. The van der Waals surface area contributed by atoms with Gasteiger partial charge in [-0.15, -0.1) is 10.2 Å². The van der Waals surface area contributed by atoms with Crippen molar-refractivity contribution >= 4 is 22.8 Å². The van der Waals surface area contributed by atoms with Crippen molar-refractivity contribution in [2.75, 3.05) is 11.9 Å². The first-order chi connectivity index (χ1) is 21.0. The van der Waals surface area contributed by atoms with E-state index in [1.54, 1.807) is 11.9 Å². The van der Waals surface area contributed by atoms with Crippen molar-refractivity contribution in [2.24, 2.45) is 0 Å². The maximum Gasteiger partial charge on any atom is 0.335 e. The molecule has 0 bridgehead atoms. The first-order valence-corrected chi connectivity index (χ1v) is 15.3. The number of imidazole rings is 1. The third-order valence-corrected chi connectivity index (χ3v) is 8.41. The molecule has 3 N–H and O–H groups in total. The first kappa shape index (κ1) is 28.5. The maximum absolute atomic E-state index is 13.1. The van der Waals surface area contributed by atoms with E-state index in [0.29, 0.717) is 11.9 Å². The Bertz CT molecular complexity index is 1700. The lowest BCUT2D eigenvalue weighted by Gasteiger charge is -2.25. The molecule has 0 radical (unpaired) electrons.